The SMILES string of the molecule is Cc1ccc2c(c1)C1(c3ccccc3-c3ccccc3-c3ccccc31)c1ccccc1-2. The molecular formula is C32H22. The third-order valence-electron chi connectivity index (χ3n) is 7.37. The molecule has 7 rings (SSSR count). The molecule has 150 valence electrons. The Balaban J connectivity index is 1.78. The van der Waals surface area contributed by atoms with E-state index in [1.165, 1.54) is 61.2 Å². The van der Waals surface area contributed by atoms with Crippen molar-refractivity contribution in [3.05, 3.63) is 143 Å². The minimum absolute atomic E-state index is 0.343. The van der Waals surface area contributed by atoms with E-state index in [0.717, 1.165) is 0 Å². The van der Waals surface area contributed by atoms with Crippen LogP contribution in [0.3, 0.4) is 0 Å². The molecule has 0 nitrogen and oxygen atoms in total. The first-order valence-corrected chi connectivity index (χ1v) is 11.3. The molecule has 32 heavy (non-hydrogen) atoms. The second kappa shape index (κ2) is 6.31. The Hall–Kier alpha value is -3.90. The molecule has 0 radical (unpaired) electrons. The van der Waals surface area contributed by atoms with Gasteiger partial charge in [0.05, 0.1) is 5.41 Å². The minimum Gasteiger partial charge on any atom is -0.0619 e. The maximum absolute atomic E-state index is 2.42. The molecule has 0 heteroatoms. The Kier molecular flexibility index (Phi) is 3.50. The molecule has 5 aromatic carbocycles. The van der Waals surface area contributed by atoms with E-state index in [0.29, 0.717) is 0 Å². The van der Waals surface area contributed by atoms with Crippen LogP contribution >= 0.6 is 0 Å². The van der Waals surface area contributed by atoms with Gasteiger partial charge in [0.1, 0.15) is 0 Å². The van der Waals surface area contributed by atoms with Crippen molar-refractivity contribution in [2.45, 2.75) is 12.3 Å². The van der Waals surface area contributed by atoms with Gasteiger partial charge < -0.3 is 0 Å². The highest BCUT2D eigenvalue weighted by atomic mass is 14.5. The van der Waals surface area contributed by atoms with Gasteiger partial charge in [0.25, 0.3) is 0 Å². The molecule has 0 aromatic heterocycles. The molecule has 0 aliphatic heterocycles. The zero-order valence-corrected chi connectivity index (χ0v) is 18.0. The number of fused-ring (bicyclic) bond motifs is 12. The van der Waals surface area contributed by atoms with Crippen molar-refractivity contribution < 1.29 is 0 Å². The lowest BCUT2D eigenvalue weighted by Gasteiger charge is -2.35. The summed E-state index contributed by atoms with van der Waals surface area (Å²) in [6, 6.07) is 42.9. The standard InChI is InChI=1S/C32H22/c1-21-18-19-27-26-14-6-9-17-30(26)32(31(27)20-21)28-15-7-4-12-24(28)22-10-2-3-11-23(22)25-13-5-8-16-29(25)32/h2-20H,1H3. The Morgan fingerprint density at radius 3 is 1.25 bits per heavy atom. The molecule has 1 spiro atoms. The lowest BCUT2D eigenvalue weighted by atomic mass is 9.66. The third-order valence-corrected chi connectivity index (χ3v) is 7.37. The smallest absolute Gasteiger partial charge is 0.0619 e. The van der Waals surface area contributed by atoms with Crippen molar-refractivity contribution >= 4 is 0 Å². The van der Waals surface area contributed by atoms with E-state index in [1.54, 1.807) is 0 Å². The predicted octanol–water partition coefficient (Wildman–Crippen LogP) is 8.01. The second-order valence-electron chi connectivity index (χ2n) is 8.98. The van der Waals surface area contributed by atoms with Gasteiger partial charge in [-0.15, -0.1) is 0 Å². The van der Waals surface area contributed by atoms with Crippen LogP contribution in [0, 0.1) is 6.92 Å². The van der Waals surface area contributed by atoms with E-state index in [9.17, 15) is 0 Å². The Labute approximate surface area is 188 Å². The molecule has 0 bridgehead atoms. The molecule has 0 N–H and O–H groups in total. The monoisotopic (exact) mass is 406 g/mol. The van der Waals surface area contributed by atoms with Crippen LogP contribution in [-0.2, 0) is 5.41 Å². The first-order chi connectivity index (χ1) is 15.8. The van der Waals surface area contributed by atoms with Crippen molar-refractivity contribution in [1.82, 2.24) is 0 Å². The normalized spacial score (nSPS) is 14.0. The summed E-state index contributed by atoms with van der Waals surface area (Å²) in [6.45, 7) is 2.21. The van der Waals surface area contributed by atoms with E-state index in [-0.39, 0.29) is 5.41 Å². The molecule has 2 aliphatic rings. The van der Waals surface area contributed by atoms with Gasteiger partial charge >= 0.3 is 0 Å². The van der Waals surface area contributed by atoms with Gasteiger partial charge in [-0.1, -0.05) is 121 Å². The number of aryl methyl sites for hydroxylation is 1. The van der Waals surface area contributed by atoms with Gasteiger partial charge in [-0.3, -0.25) is 0 Å². The predicted molar refractivity (Wildman–Crippen MR) is 133 cm³/mol. The molecule has 0 atom stereocenters. The molecule has 0 saturated carbocycles. The van der Waals surface area contributed by atoms with Crippen LogP contribution < -0.4 is 0 Å². The first kappa shape index (κ1) is 17.7. The number of hydrogen-bond donors (Lipinski definition) is 0. The van der Waals surface area contributed by atoms with Crippen LogP contribution in [0.25, 0.3) is 33.4 Å². The zero-order valence-electron chi connectivity index (χ0n) is 18.0. The first-order valence-electron chi connectivity index (χ1n) is 11.3. The minimum atomic E-state index is -0.343. The van der Waals surface area contributed by atoms with E-state index < -0.39 is 0 Å². The summed E-state index contributed by atoms with van der Waals surface area (Å²) in [5.41, 5.74) is 14.4. The van der Waals surface area contributed by atoms with Crippen LogP contribution in [0.2, 0.25) is 0 Å². The molecule has 0 saturated heterocycles. The molecule has 0 amide bonds. The number of hydrogen-bond acceptors (Lipinski definition) is 0. The highest BCUT2D eigenvalue weighted by molar-refractivity contribution is 5.97. The largest absolute Gasteiger partial charge is 0.0725 e. The lowest BCUT2D eigenvalue weighted by molar-refractivity contribution is 0.774. The summed E-state index contributed by atoms with van der Waals surface area (Å²) >= 11 is 0. The fraction of sp³-hybridized carbons (Fsp3) is 0.0625. The van der Waals surface area contributed by atoms with Gasteiger partial charge in [-0.05, 0) is 62.6 Å². The van der Waals surface area contributed by atoms with Crippen molar-refractivity contribution in [3.8, 4) is 33.4 Å². The van der Waals surface area contributed by atoms with Crippen molar-refractivity contribution in [2.75, 3.05) is 0 Å². The summed E-state index contributed by atoms with van der Waals surface area (Å²) in [6.07, 6.45) is 0. The average molecular weight is 407 g/mol. The van der Waals surface area contributed by atoms with Crippen LogP contribution in [0.15, 0.2) is 115 Å². The maximum atomic E-state index is 2.42. The summed E-state index contributed by atoms with van der Waals surface area (Å²) in [4.78, 5) is 0. The Morgan fingerprint density at radius 1 is 0.375 bits per heavy atom. The molecule has 0 heterocycles. The van der Waals surface area contributed by atoms with E-state index in [4.69, 9.17) is 0 Å². The molecule has 5 aromatic rings. The molecule has 2 aliphatic carbocycles. The van der Waals surface area contributed by atoms with Crippen molar-refractivity contribution in [1.29, 1.82) is 0 Å². The topological polar surface area (TPSA) is 0 Å². The number of rotatable bonds is 0. The van der Waals surface area contributed by atoms with Crippen LogP contribution in [0.4, 0.5) is 0 Å². The lowest BCUT2D eigenvalue weighted by Crippen LogP contribution is -2.29. The summed E-state index contributed by atoms with van der Waals surface area (Å²) in [5, 5.41) is 0. The quantitative estimate of drug-likeness (QED) is 0.239. The zero-order chi connectivity index (χ0) is 21.3. The third kappa shape index (κ3) is 2.07. The van der Waals surface area contributed by atoms with Crippen LogP contribution in [0.1, 0.15) is 27.8 Å². The molecule has 0 unspecified atom stereocenters. The van der Waals surface area contributed by atoms with Crippen molar-refractivity contribution in [2.24, 2.45) is 0 Å². The summed E-state index contributed by atoms with van der Waals surface area (Å²) in [7, 11) is 0. The van der Waals surface area contributed by atoms with Gasteiger partial charge in [-0.2, -0.15) is 0 Å². The summed E-state index contributed by atoms with van der Waals surface area (Å²) in [5.74, 6) is 0. The van der Waals surface area contributed by atoms with E-state index in [2.05, 4.69) is 122 Å². The van der Waals surface area contributed by atoms with Gasteiger partial charge in [0, 0.05) is 0 Å². The molecular weight excluding hydrogens is 384 g/mol. The fourth-order valence-corrected chi connectivity index (χ4v) is 6.16. The average Bonchev–Trinajstić information content (AvgIpc) is 3.08. The van der Waals surface area contributed by atoms with Crippen LogP contribution in [-0.4, -0.2) is 0 Å². The Bertz CT molecular complexity index is 1470. The highest BCUT2D eigenvalue weighted by Crippen LogP contribution is 2.61. The second-order valence-corrected chi connectivity index (χ2v) is 8.98. The van der Waals surface area contributed by atoms with Gasteiger partial charge in [-0.25, -0.2) is 0 Å². The maximum Gasteiger partial charge on any atom is 0.0725 e. The summed E-state index contributed by atoms with van der Waals surface area (Å²) < 4.78 is 0. The Morgan fingerprint density at radius 2 is 0.750 bits per heavy atom. The van der Waals surface area contributed by atoms with Crippen molar-refractivity contribution in [3.63, 3.8) is 0 Å². The van der Waals surface area contributed by atoms with E-state index in [1.807, 2.05) is 0 Å². The fourth-order valence-electron chi connectivity index (χ4n) is 6.16. The van der Waals surface area contributed by atoms with E-state index >= 15 is 0 Å². The van der Waals surface area contributed by atoms with Crippen LogP contribution in [0.5, 0.6) is 0 Å². The van der Waals surface area contributed by atoms with Gasteiger partial charge in [0.15, 0.2) is 0 Å². The number of benzene rings is 5. The highest BCUT2D eigenvalue weighted by Gasteiger charge is 2.49. The molecule has 0 fully saturated rings. The van der Waals surface area contributed by atoms with Gasteiger partial charge in [0.2, 0.25) is 0 Å².